The number of phenolic OH excluding ortho intramolecular Hbond substituents is 1. The molecule has 320 valence electrons. The van der Waals surface area contributed by atoms with Crippen LogP contribution >= 0.6 is 0 Å². The molecule has 0 aliphatic carbocycles. The van der Waals surface area contributed by atoms with E-state index in [2.05, 4.69) is 13.8 Å². The van der Waals surface area contributed by atoms with E-state index < -0.39 is 20.2 Å². The van der Waals surface area contributed by atoms with E-state index in [1.165, 1.54) is 126 Å². The third kappa shape index (κ3) is 21.5. The van der Waals surface area contributed by atoms with Crippen molar-refractivity contribution in [2.45, 2.75) is 152 Å². The summed E-state index contributed by atoms with van der Waals surface area (Å²) in [6.45, 7) is 4.42. The van der Waals surface area contributed by atoms with Crippen LogP contribution in [0.5, 0.6) is 34.5 Å². The van der Waals surface area contributed by atoms with Crippen LogP contribution in [0.25, 0.3) is 0 Å². The summed E-state index contributed by atoms with van der Waals surface area (Å²) in [5, 5.41) is 20.5. The molecule has 59 heavy (non-hydrogen) atoms. The van der Waals surface area contributed by atoms with E-state index in [0.717, 1.165) is 38.5 Å². The first-order chi connectivity index (χ1) is 27.8. The predicted molar refractivity (Wildman–Crippen MR) is 232 cm³/mol. The minimum atomic E-state index is -4.54. The molecule has 0 saturated heterocycles. The van der Waals surface area contributed by atoms with Gasteiger partial charge in [0.2, 0.25) is 0 Å². The van der Waals surface area contributed by atoms with Gasteiger partial charge in [-0.15, -0.1) is 5.75 Å². The van der Waals surface area contributed by atoms with E-state index in [9.17, 15) is 36.2 Å². The van der Waals surface area contributed by atoms with E-state index in [-0.39, 0.29) is 59.0 Å². The van der Waals surface area contributed by atoms with Crippen molar-refractivity contribution in [3.63, 3.8) is 0 Å². The average molecular weight is 879 g/mol. The largest absolute Gasteiger partial charge is 2.00 e. The number of benzene rings is 4. The summed E-state index contributed by atoms with van der Waals surface area (Å²) >= 11 is 0. The number of aryl methyl sites for hydroxylation is 2. The summed E-state index contributed by atoms with van der Waals surface area (Å²) < 4.78 is 79.2. The van der Waals surface area contributed by atoms with Gasteiger partial charge in [0.15, 0.2) is 0 Å². The Bertz CT molecular complexity index is 1840. The Kier molecular flexibility index (Phi) is 25.4. The molecule has 0 aliphatic heterocycles. The molecular weight excluding hydrogens is 817 g/mol. The standard InChI is InChI=1S/2C23H32O5S.Ca/c2*1-2-3-4-5-6-7-8-9-10-11-19-18-22(16-17-23(19)29(25,26)27)28-21-14-12-20(24)13-15-21;/h2*12-18,24H,2-11H2,1H3,(H,25,26,27);/q;;+2/p-2. The van der Waals surface area contributed by atoms with Crippen LogP contribution in [0.15, 0.2) is 94.7 Å². The van der Waals surface area contributed by atoms with Gasteiger partial charge >= 0.3 is 37.7 Å². The first kappa shape index (κ1) is 52.3. The Hall–Kier alpha value is -2.84. The molecule has 0 heterocycles. The van der Waals surface area contributed by atoms with Gasteiger partial charge in [-0.25, -0.2) is 8.42 Å². The third-order valence-electron chi connectivity index (χ3n) is 9.84. The molecule has 4 aromatic carbocycles. The molecule has 10 nitrogen and oxygen atoms in total. The van der Waals surface area contributed by atoms with E-state index in [0.29, 0.717) is 47.0 Å². The molecule has 4 aromatic rings. The molecule has 0 spiro atoms. The third-order valence-corrected chi connectivity index (χ3v) is 11.7. The van der Waals surface area contributed by atoms with Gasteiger partial charge in [0.1, 0.15) is 38.9 Å². The van der Waals surface area contributed by atoms with Crippen molar-refractivity contribution in [2.75, 3.05) is 0 Å². The van der Waals surface area contributed by atoms with Crippen molar-refractivity contribution in [3.8, 4) is 34.5 Å². The quantitative estimate of drug-likeness (QED) is 0.0351. The summed E-state index contributed by atoms with van der Waals surface area (Å²) in [6.07, 6.45) is 22.2. The van der Waals surface area contributed by atoms with Crippen LogP contribution in [0.2, 0.25) is 0 Å². The zero-order chi connectivity index (χ0) is 42.2. The van der Waals surface area contributed by atoms with E-state index in [1.54, 1.807) is 36.4 Å². The molecular formula is C46H62CaO10S2. The molecule has 0 radical (unpaired) electrons. The fraction of sp³-hybridized carbons (Fsp3) is 0.478. The number of phenols is 1. The smallest absolute Gasteiger partial charge is 0.872 e. The Balaban J connectivity index is 0.000000400. The molecule has 0 saturated carbocycles. The van der Waals surface area contributed by atoms with Gasteiger partial charge < -0.3 is 24.2 Å². The number of rotatable bonds is 26. The number of aromatic hydroxyl groups is 1. The van der Waals surface area contributed by atoms with Crippen molar-refractivity contribution in [2.24, 2.45) is 0 Å². The van der Waals surface area contributed by atoms with Gasteiger partial charge in [-0.3, -0.25) is 4.55 Å². The van der Waals surface area contributed by atoms with E-state index >= 15 is 0 Å². The number of hydrogen-bond donors (Lipinski definition) is 2. The molecule has 2 N–H and O–H groups in total. The van der Waals surface area contributed by atoms with Gasteiger partial charge in [-0.2, -0.15) is 8.42 Å². The van der Waals surface area contributed by atoms with Gasteiger partial charge in [0, 0.05) is 0 Å². The normalized spacial score (nSPS) is 11.3. The molecule has 0 amide bonds. The van der Waals surface area contributed by atoms with Gasteiger partial charge in [-0.05, 0) is 110 Å². The molecule has 0 atom stereocenters. The maximum atomic E-state index is 11.7. The molecule has 13 heteroatoms. The second-order valence-electron chi connectivity index (χ2n) is 14.8. The number of ether oxygens (including phenoxy) is 2. The zero-order valence-corrected chi connectivity index (χ0v) is 38.8. The summed E-state index contributed by atoms with van der Waals surface area (Å²) in [6, 6.07) is 21.2. The molecule has 0 bridgehead atoms. The van der Waals surface area contributed by atoms with E-state index in [4.69, 9.17) is 9.47 Å². The Morgan fingerprint density at radius 2 is 0.831 bits per heavy atom. The van der Waals surface area contributed by atoms with E-state index in [1.807, 2.05) is 0 Å². The molecule has 0 aliphatic rings. The van der Waals surface area contributed by atoms with Crippen LogP contribution in [0.4, 0.5) is 0 Å². The monoisotopic (exact) mass is 878 g/mol. The molecule has 0 aromatic heterocycles. The van der Waals surface area contributed by atoms with Crippen LogP contribution in [-0.4, -0.2) is 68.8 Å². The van der Waals surface area contributed by atoms with Crippen LogP contribution in [0.3, 0.4) is 0 Å². The minimum absolute atomic E-state index is 0. The van der Waals surface area contributed by atoms with Crippen molar-refractivity contribution in [1.29, 1.82) is 0 Å². The van der Waals surface area contributed by atoms with Crippen LogP contribution in [-0.2, 0) is 33.1 Å². The topological polar surface area (TPSA) is 173 Å². The van der Waals surface area contributed by atoms with Crippen molar-refractivity contribution in [1.82, 2.24) is 0 Å². The predicted octanol–water partition coefficient (Wildman–Crippen LogP) is 11.7. The molecule has 0 unspecified atom stereocenters. The first-order valence-corrected chi connectivity index (χ1v) is 23.8. The minimum Gasteiger partial charge on any atom is -0.872 e. The summed E-state index contributed by atoms with van der Waals surface area (Å²) in [5.74, 6) is 1.99. The number of hydrogen-bond acceptors (Lipinski definition) is 9. The first-order valence-electron chi connectivity index (χ1n) is 20.9. The SMILES string of the molecule is CCCCCCCCCCCc1cc(Oc2ccc(O)cc2)ccc1S(=O)(=O)O.CCCCCCCCCCCc1cc(Oc2ccc([O-])cc2)ccc1S(=O)(=O)[O-].[Ca+2]. The Morgan fingerprint density at radius 3 is 1.22 bits per heavy atom. The second kappa shape index (κ2) is 28.6. The van der Waals surface area contributed by atoms with Crippen LogP contribution in [0.1, 0.15) is 141 Å². The van der Waals surface area contributed by atoms with Crippen molar-refractivity contribution >= 4 is 58.0 Å². The molecule has 4 rings (SSSR count). The Labute approximate surface area is 383 Å². The Morgan fingerprint density at radius 1 is 0.492 bits per heavy atom. The van der Waals surface area contributed by atoms with Crippen LogP contribution < -0.4 is 14.6 Å². The maximum Gasteiger partial charge on any atom is 2.00 e. The maximum absolute atomic E-state index is 11.7. The second-order valence-corrected chi connectivity index (χ2v) is 17.5. The van der Waals surface area contributed by atoms with Gasteiger partial charge in [0.05, 0.1) is 9.79 Å². The fourth-order valence-corrected chi connectivity index (χ4v) is 8.12. The van der Waals surface area contributed by atoms with Crippen molar-refractivity contribution < 1.29 is 45.6 Å². The molecule has 0 fully saturated rings. The zero-order valence-electron chi connectivity index (χ0n) is 34.9. The summed E-state index contributed by atoms with van der Waals surface area (Å²) in [5.41, 5.74) is 1.05. The summed E-state index contributed by atoms with van der Waals surface area (Å²) in [7, 11) is -8.81. The number of unbranched alkanes of at least 4 members (excludes halogenated alkanes) is 16. The van der Waals surface area contributed by atoms with Gasteiger partial charge in [0.25, 0.3) is 10.1 Å². The van der Waals surface area contributed by atoms with Gasteiger partial charge in [-0.1, -0.05) is 129 Å². The van der Waals surface area contributed by atoms with Crippen LogP contribution in [0, 0.1) is 0 Å². The van der Waals surface area contributed by atoms with Crippen molar-refractivity contribution in [3.05, 3.63) is 96.1 Å². The average Bonchev–Trinajstić information content (AvgIpc) is 3.18. The summed E-state index contributed by atoms with van der Waals surface area (Å²) in [4.78, 5) is -0.241. The fourth-order valence-electron chi connectivity index (χ4n) is 6.67.